The summed E-state index contributed by atoms with van der Waals surface area (Å²) in [7, 11) is 0. The zero-order valence-electron chi connectivity index (χ0n) is 10.9. The number of aryl methyl sites for hydroxylation is 1. The molecule has 0 N–H and O–H groups in total. The quantitative estimate of drug-likeness (QED) is 0.700. The van der Waals surface area contributed by atoms with E-state index in [1.165, 1.54) is 27.7 Å². The molecule has 1 heteroatoms. The van der Waals surface area contributed by atoms with E-state index >= 15 is 0 Å². The second kappa shape index (κ2) is 4.41. The van der Waals surface area contributed by atoms with Crippen LogP contribution in [0.4, 0.5) is 0 Å². The van der Waals surface area contributed by atoms with Crippen LogP contribution in [-0.2, 0) is 0 Å². The average molecular weight is 235 g/mol. The number of pyridine rings is 1. The molecule has 0 amide bonds. The van der Waals surface area contributed by atoms with E-state index in [-0.39, 0.29) is 0 Å². The van der Waals surface area contributed by atoms with Gasteiger partial charge in [0.25, 0.3) is 0 Å². The maximum absolute atomic E-state index is 4.58. The van der Waals surface area contributed by atoms with Crippen LogP contribution in [0.3, 0.4) is 0 Å². The second-order valence-corrected chi connectivity index (χ2v) is 5.06. The van der Waals surface area contributed by atoms with Gasteiger partial charge in [-0.3, -0.25) is 4.98 Å². The summed E-state index contributed by atoms with van der Waals surface area (Å²) in [5.41, 5.74) is 6.38. The van der Waals surface area contributed by atoms with Crippen LogP contribution in [-0.4, -0.2) is 4.98 Å². The van der Waals surface area contributed by atoms with Crippen molar-refractivity contribution in [1.82, 2.24) is 4.98 Å². The van der Waals surface area contributed by atoms with E-state index in [2.05, 4.69) is 55.2 Å². The van der Waals surface area contributed by atoms with Crippen LogP contribution in [0.5, 0.6) is 0 Å². The number of rotatable bonds is 1. The molecule has 0 radical (unpaired) electrons. The lowest BCUT2D eigenvalue weighted by molar-refractivity contribution is 0.967. The van der Waals surface area contributed by atoms with E-state index < -0.39 is 0 Å². The number of hydrogen-bond donors (Lipinski definition) is 0. The molecular weight excluding hydrogens is 218 g/mol. The minimum atomic E-state index is 1.08. The summed E-state index contributed by atoms with van der Waals surface area (Å²) >= 11 is 0. The van der Waals surface area contributed by atoms with E-state index in [4.69, 9.17) is 0 Å². The molecule has 0 bridgehead atoms. The van der Waals surface area contributed by atoms with Crippen LogP contribution in [0.25, 0.3) is 16.5 Å². The van der Waals surface area contributed by atoms with E-state index in [1.807, 2.05) is 6.20 Å². The molecule has 0 spiro atoms. The number of benzene rings is 1. The van der Waals surface area contributed by atoms with Crippen LogP contribution in [0.2, 0.25) is 0 Å². The summed E-state index contributed by atoms with van der Waals surface area (Å²) in [4.78, 5) is 4.58. The topological polar surface area (TPSA) is 12.9 Å². The lowest BCUT2D eigenvalue weighted by Gasteiger charge is -2.13. The Morgan fingerprint density at radius 3 is 2.83 bits per heavy atom. The highest BCUT2D eigenvalue weighted by atomic mass is 14.6. The van der Waals surface area contributed by atoms with Crippen LogP contribution >= 0.6 is 0 Å². The van der Waals surface area contributed by atoms with Crippen LogP contribution < -0.4 is 0 Å². The van der Waals surface area contributed by atoms with Gasteiger partial charge in [-0.1, -0.05) is 29.9 Å². The molecule has 1 aliphatic rings. The molecule has 1 nitrogen and oxygen atoms in total. The summed E-state index contributed by atoms with van der Waals surface area (Å²) in [6.07, 6.45) is 8.81. The predicted molar refractivity (Wildman–Crippen MR) is 77.4 cm³/mol. The minimum Gasteiger partial charge on any atom is -0.256 e. The first-order valence-corrected chi connectivity index (χ1v) is 6.47. The minimum absolute atomic E-state index is 1.08. The molecule has 1 heterocycles. The zero-order valence-corrected chi connectivity index (χ0v) is 10.9. The predicted octanol–water partition coefficient (Wildman–Crippen LogP) is 4.67. The van der Waals surface area contributed by atoms with Gasteiger partial charge in [0.1, 0.15) is 0 Å². The Balaban J connectivity index is 2.14. The molecule has 0 aliphatic heterocycles. The Morgan fingerprint density at radius 2 is 2.00 bits per heavy atom. The maximum Gasteiger partial charge on any atom is 0.0705 e. The van der Waals surface area contributed by atoms with E-state index in [0.29, 0.717) is 0 Å². The van der Waals surface area contributed by atoms with Crippen LogP contribution in [0.1, 0.15) is 30.9 Å². The summed E-state index contributed by atoms with van der Waals surface area (Å²) in [6.45, 7) is 4.32. The Kier molecular flexibility index (Phi) is 2.75. The van der Waals surface area contributed by atoms with Crippen molar-refractivity contribution in [3.8, 4) is 0 Å². The normalized spacial score (nSPS) is 15.4. The summed E-state index contributed by atoms with van der Waals surface area (Å²) < 4.78 is 0. The SMILES string of the molecule is CC1=C(c2cnc3cc(C)ccc3c2)C=CCC1. The van der Waals surface area contributed by atoms with Gasteiger partial charge in [0, 0.05) is 17.1 Å². The molecule has 1 aromatic carbocycles. The smallest absolute Gasteiger partial charge is 0.0705 e. The highest BCUT2D eigenvalue weighted by Crippen LogP contribution is 2.28. The zero-order chi connectivity index (χ0) is 12.5. The molecule has 0 saturated heterocycles. The fourth-order valence-corrected chi connectivity index (χ4v) is 2.50. The molecule has 0 saturated carbocycles. The number of fused-ring (bicyclic) bond motifs is 1. The molecule has 2 aromatic rings. The van der Waals surface area contributed by atoms with Crippen molar-refractivity contribution < 1.29 is 0 Å². The summed E-state index contributed by atoms with van der Waals surface area (Å²) in [6, 6.07) is 8.68. The van der Waals surface area contributed by atoms with E-state index in [9.17, 15) is 0 Å². The van der Waals surface area contributed by atoms with Gasteiger partial charge in [-0.25, -0.2) is 0 Å². The van der Waals surface area contributed by atoms with Crippen molar-refractivity contribution in [1.29, 1.82) is 0 Å². The molecular formula is C17H17N. The van der Waals surface area contributed by atoms with Crippen LogP contribution in [0.15, 0.2) is 48.2 Å². The lowest BCUT2D eigenvalue weighted by atomic mass is 9.93. The first kappa shape index (κ1) is 11.2. The van der Waals surface area contributed by atoms with Gasteiger partial charge >= 0.3 is 0 Å². The van der Waals surface area contributed by atoms with Gasteiger partial charge < -0.3 is 0 Å². The third-order valence-electron chi connectivity index (χ3n) is 3.58. The fourth-order valence-electron chi connectivity index (χ4n) is 2.50. The first-order valence-electron chi connectivity index (χ1n) is 6.47. The molecule has 1 aliphatic carbocycles. The third-order valence-corrected chi connectivity index (χ3v) is 3.58. The van der Waals surface area contributed by atoms with Gasteiger partial charge in [-0.05, 0) is 50.0 Å². The number of hydrogen-bond acceptors (Lipinski definition) is 1. The first-order chi connectivity index (χ1) is 8.74. The van der Waals surface area contributed by atoms with Crippen molar-refractivity contribution in [2.75, 3.05) is 0 Å². The molecule has 90 valence electrons. The molecule has 0 atom stereocenters. The summed E-state index contributed by atoms with van der Waals surface area (Å²) in [5.74, 6) is 0. The van der Waals surface area contributed by atoms with Crippen molar-refractivity contribution in [2.45, 2.75) is 26.7 Å². The Labute approximate surface area is 108 Å². The number of aromatic nitrogens is 1. The van der Waals surface area contributed by atoms with E-state index in [0.717, 1.165) is 18.4 Å². The molecule has 18 heavy (non-hydrogen) atoms. The van der Waals surface area contributed by atoms with Crippen molar-refractivity contribution in [3.63, 3.8) is 0 Å². The van der Waals surface area contributed by atoms with Gasteiger partial charge in [0.2, 0.25) is 0 Å². The molecule has 1 aromatic heterocycles. The Hall–Kier alpha value is -1.89. The van der Waals surface area contributed by atoms with Crippen molar-refractivity contribution >= 4 is 16.5 Å². The Bertz CT molecular complexity index is 662. The second-order valence-electron chi connectivity index (χ2n) is 5.06. The van der Waals surface area contributed by atoms with Gasteiger partial charge in [0.05, 0.1) is 5.52 Å². The van der Waals surface area contributed by atoms with Gasteiger partial charge in [-0.2, -0.15) is 0 Å². The van der Waals surface area contributed by atoms with Crippen molar-refractivity contribution in [3.05, 3.63) is 59.3 Å². The number of nitrogens with zero attached hydrogens (tertiary/aromatic N) is 1. The van der Waals surface area contributed by atoms with Crippen molar-refractivity contribution in [2.24, 2.45) is 0 Å². The highest BCUT2D eigenvalue weighted by Gasteiger charge is 2.07. The van der Waals surface area contributed by atoms with Crippen LogP contribution in [0, 0.1) is 6.92 Å². The van der Waals surface area contributed by atoms with E-state index in [1.54, 1.807) is 0 Å². The monoisotopic (exact) mass is 235 g/mol. The van der Waals surface area contributed by atoms with Gasteiger partial charge in [-0.15, -0.1) is 0 Å². The molecule has 0 unspecified atom stereocenters. The molecule has 3 rings (SSSR count). The summed E-state index contributed by atoms with van der Waals surface area (Å²) in [5, 5.41) is 1.22. The fraction of sp³-hybridized carbons (Fsp3) is 0.235. The third kappa shape index (κ3) is 1.97. The maximum atomic E-state index is 4.58. The Morgan fingerprint density at radius 1 is 1.11 bits per heavy atom. The lowest BCUT2D eigenvalue weighted by Crippen LogP contribution is -1.93. The highest BCUT2D eigenvalue weighted by molar-refractivity contribution is 5.86. The largest absolute Gasteiger partial charge is 0.256 e. The van der Waals surface area contributed by atoms with Gasteiger partial charge in [0.15, 0.2) is 0 Å². The molecule has 0 fully saturated rings. The number of allylic oxidation sites excluding steroid dienone is 4. The standard InChI is InChI=1S/C17H17N/c1-12-7-8-14-10-15(11-18-17(14)9-12)16-6-4-3-5-13(16)2/h4,6-11H,3,5H2,1-2H3. The average Bonchev–Trinajstić information content (AvgIpc) is 2.39.